The van der Waals surface area contributed by atoms with Crippen LogP contribution in [-0.4, -0.2) is 50.4 Å². The number of anilines is 1. The Morgan fingerprint density at radius 1 is 1.33 bits per heavy atom. The molecule has 8 nitrogen and oxygen atoms in total. The molecule has 27 heavy (non-hydrogen) atoms. The molecule has 2 aromatic heterocycles. The van der Waals surface area contributed by atoms with E-state index in [1.165, 1.54) is 11.3 Å². The molecule has 142 valence electrons. The highest BCUT2D eigenvalue weighted by molar-refractivity contribution is 7.15. The van der Waals surface area contributed by atoms with E-state index in [1.807, 2.05) is 24.3 Å². The Bertz CT molecular complexity index is 931. The maximum absolute atomic E-state index is 12.9. The lowest BCUT2D eigenvalue weighted by Crippen LogP contribution is -2.41. The van der Waals surface area contributed by atoms with Gasteiger partial charge in [-0.2, -0.15) is 0 Å². The van der Waals surface area contributed by atoms with Crippen molar-refractivity contribution < 1.29 is 9.53 Å². The highest BCUT2D eigenvalue weighted by Gasteiger charge is 2.31. The van der Waals surface area contributed by atoms with E-state index in [1.54, 1.807) is 9.58 Å². The summed E-state index contributed by atoms with van der Waals surface area (Å²) in [6, 6.07) is 7.79. The number of aromatic nitrogens is 5. The first-order valence-electron chi connectivity index (χ1n) is 9.15. The lowest BCUT2D eigenvalue weighted by Gasteiger charge is -2.24. The molecular weight excluding hydrogens is 364 g/mol. The maximum Gasteiger partial charge on any atom is 0.257 e. The van der Waals surface area contributed by atoms with E-state index in [0.717, 1.165) is 28.9 Å². The number of hydrogen-bond acceptors (Lipinski definition) is 7. The quantitative estimate of drug-likeness (QED) is 0.647. The van der Waals surface area contributed by atoms with Gasteiger partial charge in [-0.05, 0) is 30.9 Å². The third-order valence-electron chi connectivity index (χ3n) is 4.41. The number of benzene rings is 1. The van der Waals surface area contributed by atoms with Crippen molar-refractivity contribution >= 4 is 33.4 Å². The first-order valence-corrected chi connectivity index (χ1v) is 9.97. The lowest BCUT2D eigenvalue weighted by molar-refractivity contribution is -0.127. The van der Waals surface area contributed by atoms with Gasteiger partial charge in [0.05, 0.1) is 12.1 Å². The number of ether oxygens (including phenoxy) is 1. The summed E-state index contributed by atoms with van der Waals surface area (Å²) in [5, 5.41) is 18.3. The third kappa shape index (κ3) is 3.84. The predicted molar refractivity (Wildman–Crippen MR) is 103 cm³/mol. The van der Waals surface area contributed by atoms with Crippen LogP contribution in [0.1, 0.15) is 31.7 Å². The van der Waals surface area contributed by atoms with Crippen LogP contribution in [0.5, 0.6) is 0 Å². The number of hydrogen-bond donors (Lipinski definition) is 0. The summed E-state index contributed by atoms with van der Waals surface area (Å²) >= 11 is 1.42. The lowest BCUT2D eigenvalue weighted by atomic mass is 10.1. The molecule has 1 aliphatic rings. The van der Waals surface area contributed by atoms with Crippen molar-refractivity contribution in [3.05, 3.63) is 29.3 Å². The van der Waals surface area contributed by atoms with Crippen molar-refractivity contribution in [1.29, 1.82) is 0 Å². The molecule has 0 aliphatic carbocycles. The average Bonchev–Trinajstić information content (AvgIpc) is 3.41. The SMILES string of the molecule is CC(C)CN(C(=O)[C@@H]1CCCO1)c1nnc(Cn2nnc3ccccc32)s1. The monoisotopic (exact) mass is 386 g/mol. The van der Waals surface area contributed by atoms with Crippen molar-refractivity contribution in [2.45, 2.75) is 39.3 Å². The third-order valence-corrected chi connectivity index (χ3v) is 5.34. The fraction of sp³-hybridized carbons (Fsp3) is 0.500. The van der Waals surface area contributed by atoms with Gasteiger partial charge < -0.3 is 4.74 Å². The number of carbonyl (C=O) groups is 1. The second-order valence-corrected chi connectivity index (χ2v) is 8.10. The highest BCUT2D eigenvalue weighted by Crippen LogP contribution is 2.26. The topological polar surface area (TPSA) is 86.0 Å². The van der Waals surface area contributed by atoms with Crippen LogP contribution in [0.4, 0.5) is 5.13 Å². The molecule has 1 aliphatic heterocycles. The van der Waals surface area contributed by atoms with Gasteiger partial charge in [0.2, 0.25) is 5.13 Å². The zero-order chi connectivity index (χ0) is 18.8. The summed E-state index contributed by atoms with van der Waals surface area (Å²) < 4.78 is 7.38. The van der Waals surface area contributed by atoms with Crippen LogP contribution in [0, 0.1) is 5.92 Å². The number of amides is 1. The van der Waals surface area contributed by atoms with Crippen molar-refractivity contribution in [3.63, 3.8) is 0 Å². The Labute approximate surface area is 161 Å². The van der Waals surface area contributed by atoms with Gasteiger partial charge in [0.25, 0.3) is 5.91 Å². The summed E-state index contributed by atoms with van der Waals surface area (Å²) in [5.41, 5.74) is 1.79. The molecule has 3 aromatic rings. The molecule has 1 atom stereocenters. The van der Waals surface area contributed by atoms with Gasteiger partial charge in [-0.1, -0.05) is 42.5 Å². The van der Waals surface area contributed by atoms with Crippen molar-refractivity contribution in [2.24, 2.45) is 5.92 Å². The molecule has 0 unspecified atom stereocenters. The van der Waals surface area contributed by atoms with Gasteiger partial charge in [-0.3, -0.25) is 9.69 Å². The molecule has 9 heteroatoms. The van der Waals surface area contributed by atoms with E-state index < -0.39 is 0 Å². The molecule has 0 N–H and O–H groups in total. The van der Waals surface area contributed by atoms with Crippen LogP contribution < -0.4 is 4.90 Å². The standard InChI is InChI=1S/C18H22N6O2S/c1-12(2)10-23(17(25)15-8-5-9-26-15)18-21-20-16(27-18)11-24-14-7-4-3-6-13(14)19-22-24/h3-4,6-7,12,15H,5,8-11H2,1-2H3/t15-/m0/s1. The predicted octanol–water partition coefficient (Wildman–Crippen LogP) is 2.50. The Morgan fingerprint density at radius 2 is 2.19 bits per heavy atom. The van der Waals surface area contributed by atoms with Gasteiger partial charge in [0.15, 0.2) is 0 Å². The summed E-state index contributed by atoms with van der Waals surface area (Å²) in [6.07, 6.45) is 1.33. The van der Waals surface area contributed by atoms with Crippen molar-refractivity contribution in [3.8, 4) is 0 Å². The molecule has 0 bridgehead atoms. The van der Waals surface area contributed by atoms with Gasteiger partial charge in [0.1, 0.15) is 16.6 Å². The number of nitrogens with zero attached hydrogens (tertiary/aromatic N) is 6. The first kappa shape index (κ1) is 18.0. The molecule has 1 saturated heterocycles. The van der Waals surface area contributed by atoms with Crippen molar-refractivity contribution in [2.75, 3.05) is 18.1 Å². The Kier molecular flexibility index (Phi) is 5.13. The van der Waals surface area contributed by atoms with Crippen LogP contribution in [0.15, 0.2) is 24.3 Å². The normalized spacial score (nSPS) is 17.1. The Balaban J connectivity index is 1.55. The highest BCUT2D eigenvalue weighted by atomic mass is 32.1. The smallest absolute Gasteiger partial charge is 0.257 e. The number of rotatable bonds is 6. The minimum absolute atomic E-state index is 0.0184. The molecule has 0 saturated carbocycles. The zero-order valence-electron chi connectivity index (χ0n) is 15.4. The fourth-order valence-corrected chi connectivity index (χ4v) is 3.99. The molecule has 4 rings (SSSR count). The van der Waals surface area contributed by atoms with Gasteiger partial charge >= 0.3 is 0 Å². The Morgan fingerprint density at radius 3 is 2.96 bits per heavy atom. The first-order chi connectivity index (χ1) is 13.1. The van der Waals surface area contributed by atoms with Gasteiger partial charge in [-0.15, -0.1) is 15.3 Å². The summed E-state index contributed by atoms with van der Waals surface area (Å²) in [5.74, 6) is 0.303. The summed E-state index contributed by atoms with van der Waals surface area (Å²) in [7, 11) is 0. The van der Waals surface area contributed by atoms with Gasteiger partial charge in [-0.25, -0.2) is 4.68 Å². The largest absolute Gasteiger partial charge is 0.368 e. The maximum atomic E-state index is 12.9. The second kappa shape index (κ2) is 7.69. The summed E-state index contributed by atoms with van der Waals surface area (Å²) in [6.45, 7) is 5.88. The second-order valence-electron chi connectivity index (χ2n) is 7.06. The van der Waals surface area contributed by atoms with Gasteiger partial charge in [0, 0.05) is 13.2 Å². The van der Waals surface area contributed by atoms with Crippen LogP contribution >= 0.6 is 11.3 Å². The number of fused-ring (bicyclic) bond motifs is 1. The van der Waals surface area contributed by atoms with E-state index in [2.05, 4.69) is 34.4 Å². The molecule has 0 radical (unpaired) electrons. The molecule has 0 spiro atoms. The molecule has 1 aromatic carbocycles. The molecule has 3 heterocycles. The Hall–Kier alpha value is -2.39. The van der Waals surface area contributed by atoms with Crippen LogP contribution in [-0.2, 0) is 16.1 Å². The average molecular weight is 386 g/mol. The number of para-hydroxylation sites is 1. The van der Waals surface area contributed by atoms with Crippen LogP contribution in [0.2, 0.25) is 0 Å². The fourth-order valence-electron chi connectivity index (χ4n) is 3.15. The minimum atomic E-state index is -0.365. The van der Waals surface area contributed by atoms with E-state index in [4.69, 9.17) is 4.74 Å². The van der Waals surface area contributed by atoms with Crippen molar-refractivity contribution in [1.82, 2.24) is 25.2 Å². The molecular formula is C18H22N6O2S. The zero-order valence-corrected chi connectivity index (χ0v) is 16.2. The van der Waals surface area contributed by atoms with E-state index in [-0.39, 0.29) is 12.0 Å². The minimum Gasteiger partial charge on any atom is -0.368 e. The van der Waals surface area contributed by atoms with E-state index in [9.17, 15) is 4.79 Å². The van der Waals surface area contributed by atoms with Crippen LogP contribution in [0.25, 0.3) is 11.0 Å². The summed E-state index contributed by atoms with van der Waals surface area (Å²) in [4.78, 5) is 14.6. The van der Waals surface area contributed by atoms with Crippen LogP contribution in [0.3, 0.4) is 0 Å². The van der Waals surface area contributed by atoms with E-state index >= 15 is 0 Å². The number of carbonyl (C=O) groups excluding carboxylic acids is 1. The van der Waals surface area contributed by atoms with E-state index in [0.29, 0.717) is 30.7 Å². The molecule has 1 amide bonds. The molecule has 1 fully saturated rings.